The summed E-state index contributed by atoms with van der Waals surface area (Å²) < 4.78 is 0. The van der Waals surface area contributed by atoms with Crippen molar-refractivity contribution in [3.05, 3.63) is 65.4 Å². The van der Waals surface area contributed by atoms with Gasteiger partial charge in [-0.15, -0.1) is 11.3 Å². The van der Waals surface area contributed by atoms with Gasteiger partial charge in [0.1, 0.15) is 11.9 Å². The van der Waals surface area contributed by atoms with Crippen molar-refractivity contribution in [2.24, 2.45) is 22.6 Å². The second-order valence-corrected chi connectivity index (χ2v) is 9.89. The van der Waals surface area contributed by atoms with Gasteiger partial charge in [-0.1, -0.05) is 18.2 Å². The van der Waals surface area contributed by atoms with Gasteiger partial charge in [0.25, 0.3) is 0 Å². The summed E-state index contributed by atoms with van der Waals surface area (Å²) in [6.45, 7) is 3.92. The van der Waals surface area contributed by atoms with Crippen molar-refractivity contribution in [3.8, 4) is 11.1 Å². The molecule has 2 aromatic heterocycles. The third kappa shape index (κ3) is 3.88. The molecular formula is C25H28N6OS. The Hall–Kier alpha value is -3.26. The van der Waals surface area contributed by atoms with Crippen LogP contribution < -0.4 is 10.6 Å². The number of carbonyl (C=O) groups excluding carboxylic acids is 1. The average molecular weight is 461 g/mol. The molecule has 2 aliphatic rings. The fraction of sp³-hybridized carbons (Fsp3) is 0.360. The van der Waals surface area contributed by atoms with Crippen molar-refractivity contribution in [3.63, 3.8) is 0 Å². The zero-order chi connectivity index (χ0) is 23.0. The molecular weight excluding hydrogens is 432 g/mol. The van der Waals surface area contributed by atoms with Gasteiger partial charge in [0.15, 0.2) is 5.96 Å². The summed E-state index contributed by atoms with van der Waals surface area (Å²) in [6.07, 6.45) is 7.01. The number of hydrogen-bond acceptors (Lipinski definition) is 7. The van der Waals surface area contributed by atoms with E-state index in [2.05, 4.69) is 57.5 Å². The van der Waals surface area contributed by atoms with Gasteiger partial charge < -0.3 is 10.6 Å². The van der Waals surface area contributed by atoms with Crippen molar-refractivity contribution in [2.45, 2.75) is 25.3 Å². The predicted octanol–water partition coefficient (Wildman–Crippen LogP) is 3.74. The Balaban J connectivity index is 1.45. The second-order valence-electron chi connectivity index (χ2n) is 8.98. The molecule has 0 radical (unpaired) electrons. The number of nitrogens with two attached hydrogens (primary N) is 1. The smallest absolute Gasteiger partial charge is 0.235 e. The molecule has 2 N–H and O–H groups in total. The maximum Gasteiger partial charge on any atom is 0.235 e. The molecule has 1 aromatic carbocycles. The van der Waals surface area contributed by atoms with Crippen LogP contribution in [0.1, 0.15) is 24.6 Å². The van der Waals surface area contributed by atoms with Gasteiger partial charge in [0, 0.05) is 48.7 Å². The van der Waals surface area contributed by atoms with Crippen LogP contribution in [0.4, 0.5) is 5.69 Å². The van der Waals surface area contributed by atoms with E-state index in [4.69, 9.17) is 10.7 Å². The summed E-state index contributed by atoms with van der Waals surface area (Å²) >= 11 is 1.62. The summed E-state index contributed by atoms with van der Waals surface area (Å²) in [5.74, 6) is 0.304. The van der Waals surface area contributed by atoms with Crippen LogP contribution >= 0.6 is 11.3 Å². The molecule has 7 nitrogen and oxygen atoms in total. The van der Waals surface area contributed by atoms with Gasteiger partial charge in [-0.05, 0) is 54.8 Å². The molecule has 4 heterocycles. The number of nitrogens with zero attached hydrogens (tertiary/aromatic N) is 5. The number of aliphatic imine (C=N–C) groups is 1. The second kappa shape index (κ2) is 8.59. The number of para-hydroxylation sites is 1. The van der Waals surface area contributed by atoms with E-state index in [1.165, 1.54) is 16.9 Å². The van der Waals surface area contributed by atoms with E-state index in [0.717, 1.165) is 41.9 Å². The minimum atomic E-state index is -0.703. The van der Waals surface area contributed by atoms with Crippen LogP contribution in [0.25, 0.3) is 11.1 Å². The van der Waals surface area contributed by atoms with E-state index in [1.807, 2.05) is 6.07 Å². The zero-order valence-electron chi connectivity index (χ0n) is 18.9. The molecule has 0 saturated carbocycles. The lowest BCUT2D eigenvalue weighted by Gasteiger charge is -2.46. The first-order chi connectivity index (χ1) is 16.0. The first kappa shape index (κ1) is 21.6. The molecule has 0 aliphatic carbocycles. The first-order valence-corrected chi connectivity index (χ1v) is 12.1. The van der Waals surface area contributed by atoms with Crippen molar-refractivity contribution in [1.82, 2.24) is 14.9 Å². The molecule has 5 rings (SSSR count). The molecule has 0 unspecified atom stereocenters. The number of hydrogen-bond donors (Lipinski definition) is 1. The summed E-state index contributed by atoms with van der Waals surface area (Å²) in [5.41, 5.74) is 8.74. The zero-order valence-corrected chi connectivity index (χ0v) is 19.7. The van der Waals surface area contributed by atoms with Gasteiger partial charge in [0.05, 0.1) is 5.92 Å². The lowest BCUT2D eigenvalue weighted by Crippen LogP contribution is -2.56. The molecule has 3 aromatic rings. The minimum absolute atomic E-state index is 0.0566. The maximum atomic E-state index is 13.6. The number of guanidine groups is 1. The minimum Gasteiger partial charge on any atom is -0.372 e. The Morgan fingerprint density at radius 1 is 1.09 bits per heavy atom. The van der Waals surface area contributed by atoms with E-state index in [1.54, 1.807) is 30.8 Å². The predicted molar refractivity (Wildman–Crippen MR) is 132 cm³/mol. The quantitative estimate of drug-likeness (QED) is 0.641. The third-order valence-electron chi connectivity index (χ3n) is 7.02. The maximum absolute atomic E-state index is 13.6. The topological polar surface area (TPSA) is 87.7 Å². The number of anilines is 1. The monoisotopic (exact) mass is 460 g/mol. The van der Waals surface area contributed by atoms with Crippen molar-refractivity contribution < 1.29 is 4.79 Å². The number of piperidine rings is 1. The molecule has 1 fully saturated rings. The number of rotatable bonds is 4. The lowest BCUT2D eigenvalue weighted by molar-refractivity contribution is -0.136. The number of aromatic nitrogens is 2. The number of carbonyl (C=O) groups is 1. The third-order valence-corrected chi connectivity index (χ3v) is 8.17. The summed E-state index contributed by atoms with van der Waals surface area (Å²) in [7, 11) is 1.73. The summed E-state index contributed by atoms with van der Waals surface area (Å²) in [4.78, 5) is 31.8. The van der Waals surface area contributed by atoms with Crippen molar-refractivity contribution in [1.29, 1.82) is 0 Å². The molecule has 1 saturated heterocycles. The highest BCUT2D eigenvalue weighted by Crippen LogP contribution is 2.47. The van der Waals surface area contributed by atoms with Gasteiger partial charge in [0.2, 0.25) is 5.91 Å². The number of benzene rings is 1. The Kier molecular flexibility index (Phi) is 5.62. The highest BCUT2D eigenvalue weighted by Gasteiger charge is 2.51. The molecule has 2 aliphatic heterocycles. The molecule has 170 valence electrons. The fourth-order valence-electron chi connectivity index (χ4n) is 5.14. The Morgan fingerprint density at radius 2 is 1.79 bits per heavy atom. The first-order valence-electron chi connectivity index (χ1n) is 11.2. The van der Waals surface area contributed by atoms with Crippen LogP contribution in [0, 0.1) is 11.8 Å². The van der Waals surface area contributed by atoms with Crippen molar-refractivity contribution in [2.75, 3.05) is 25.0 Å². The van der Waals surface area contributed by atoms with Crippen molar-refractivity contribution >= 4 is 28.9 Å². The SMILES string of the molecule is CN1C(=O)[C@H](C2CCN(c3ccccc3)CC2)[C@@](C)(c2cc(-c3cncnc3)cs2)N=C1N. The molecule has 2 atom stereocenters. The van der Waals surface area contributed by atoms with Gasteiger partial charge in [-0.25, -0.2) is 15.0 Å². The van der Waals surface area contributed by atoms with Gasteiger partial charge in [-0.2, -0.15) is 0 Å². The van der Waals surface area contributed by atoms with Crippen LogP contribution in [0.3, 0.4) is 0 Å². The standard InChI is InChI=1S/C25H28N6OS/c1-25(21-12-18(15-33-21)19-13-27-16-28-14-19)22(23(32)30(2)24(26)29-25)17-8-10-31(11-9-17)20-6-4-3-5-7-20/h3-7,12-17,22H,8-11H2,1-2H3,(H2,26,29)/t22-,25+/m0/s1. The van der Waals surface area contributed by atoms with E-state index in [9.17, 15) is 4.79 Å². The van der Waals surface area contributed by atoms with Crippen LogP contribution in [-0.4, -0.2) is 46.9 Å². The van der Waals surface area contributed by atoms with Gasteiger partial charge >= 0.3 is 0 Å². The Morgan fingerprint density at radius 3 is 2.48 bits per heavy atom. The molecule has 0 spiro atoms. The summed E-state index contributed by atoms with van der Waals surface area (Å²) in [5, 5.41) is 2.09. The largest absolute Gasteiger partial charge is 0.372 e. The number of thiophene rings is 1. The van der Waals surface area contributed by atoms with E-state index < -0.39 is 5.54 Å². The fourth-order valence-corrected chi connectivity index (χ4v) is 6.21. The molecule has 0 bridgehead atoms. The molecule has 1 amide bonds. The summed E-state index contributed by atoms with van der Waals surface area (Å²) in [6, 6.07) is 12.6. The van der Waals surface area contributed by atoms with E-state index in [-0.39, 0.29) is 23.7 Å². The van der Waals surface area contributed by atoms with Crippen LogP contribution in [-0.2, 0) is 10.3 Å². The molecule has 8 heteroatoms. The molecule has 33 heavy (non-hydrogen) atoms. The normalized spacial score (nSPS) is 24.1. The van der Waals surface area contributed by atoms with E-state index >= 15 is 0 Å². The Bertz CT molecular complexity index is 1160. The van der Waals surface area contributed by atoms with E-state index in [0.29, 0.717) is 0 Å². The number of amides is 1. The highest BCUT2D eigenvalue weighted by molar-refractivity contribution is 7.10. The highest BCUT2D eigenvalue weighted by atomic mass is 32.1. The average Bonchev–Trinajstić information content (AvgIpc) is 3.36. The Labute approximate surface area is 198 Å². The van der Waals surface area contributed by atoms with Crippen LogP contribution in [0.15, 0.2) is 65.5 Å². The van der Waals surface area contributed by atoms with Crippen LogP contribution in [0.5, 0.6) is 0 Å². The van der Waals surface area contributed by atoms with Crippen LogP contribution in [0.2, 0.25) is 0 Å². The van der Waals surface area contributed by atoms with Gasteiger partial charge in [-0.3, -0.25) is 9.69 Å². The lowest BCUT2D eigenvalue weighted by atomic mass is 9.70.